The van der Waals surface area contributed by atoms with Gasteiger partial charge in [-0.2, -0.15) is 0 Å². The third kappa shape index (κ3) is 4.19. The number of nitrogens with zero attached hydrogens (tertiary/aromatic N) is 4. The van der Waals surface area contributed by atoms with Crippen LogP contribution in [0.5, 0.6) is 0 Å². The second-order valence-corrected chi connectivity index (χ2v) is 14.0. The Morgan fingerprint density at radius 3 is 1.80 bits per heavy atom. The summed E-state index contributed by atoms with van der Waals surface area (Å²) in [4.78, 5) is 11.3. The maximum absolute atomic E-state index is 5.24. The van der Waals surface area contributed by atoms with Gasteiger partial charge in [0.2, 0.25) is 0 Å². The Morgan fingerprint density at radius 1 is 0.392 bits per heavy atom. The van der Waals surface area contributed by atoms with E-state index in [1.165, 1.54) is 53.7 Å². The minimum Gasteiger partial charge on any atom is -0.309 e. The van der Waals surface area contributed by atoms with E-state index in [0.29, 0.717) is 0 Å². The van der Waals surface area contributed by atoms with E-state index in [0.717, 1.165) is 44.2 Å². The van der Waals surface area contributed by atoms with Gasteiger partial charge in [-0.15, -0.1) is 11.3 Å². The molecule has 0 radical (unpaired) electrons. The van der Waals surface area contributed by atoms with Crippen LogP contribution < -0.4 is 0 Å². The lowest BCUT2D eigenvalue weighted by atomic mass is 10.0. The molecule has 0 aliphatic carbocycles. The van der Waals surface area contributed by atoms with Crippen molar-refractivity contribution in [2.75, 3.05) is 0 Å². The SMILES string of the molecule is c1ccc(-c2nc(-c3ccc(-n4c5ccccc5c5c4ccc4c6ccccc6n(-c6ccccc6)c45)cc3)c3c(n2)sc2ccccc23)cc1. The van der Waals surface area contributed by atoms with E-state index in [-0.39, 0.29) is 0 Å². The summed E-state index contributed by atoms with van der Waals surface area (Å²) in [5.74, 6) is 0.744. The van der Waals surface area contributed by atoms with Crippen LogP contribution in [0.2, 0.25) is 0 Å². The molecule has 0 N–H and O–H groups in total. The number of thiophene rings is 1. The molecule has 0 spiro atoms. The summed E-state index contributed by atoms with van der Waals surface area (Å²) in [7, 11) is 0. The first kappa shape index (κ1) is 28.3. The second kappa shape index (κ2) is 11.0. The van der Waals surface area contributed by atoms with E-state index < -0.39 is 0 Å². The monoisotopic (exact) mass is 668 g/mol. The Labute approximate surface area is 297 Å². The summed E-state index contributed by atoms with van der Waals surface area (Å²) in [6.07, 6.45) is 0. The standard InChI is InChI=1S/C46H28N4S/c1-3-13-30(14-4-1)45-47-43(42-36-19-9-12-22-40(36)51-46(42)48-45)29-23-25-32(26-24-29)49-38-21-11-8-18-35(38)41-39(49)28-27-34-33-17-7-10-20-37(33)50(44(34)41)31-15-5-2-6-16-31/h1-28H. The van der Waals surface area contributed by atoms with Crippen molar-refractivity contribution in [3.05, 3.63) is 170 Å². The van der Waals surface area contributed by atoms with Gasteiger partial charge in [0.25, 0.3) is 0 Å². The fourth-order valence-electron chi connectivity index (χ4n) is 7.95. The first-order valence-corrected chi connectivity index (χ1v) is 18.0. The minimum atomic E-state index is 0.744. The van der Waals surface area contributed by atoms with Gasteiger partial charge in [-0.1, -0.05) is 121 Å². The number of hydrogen-bond donors (Lipinski definition) is 0. The Bertz CT molecular complexity index is 3120. The van der Waals surface area contributed by atoms with Crippen LogP contribution in [0, 0.1) is 0 Å². The van der Waals surface area contributed by atoms with Gasteiger partial charge in [-0.25, -0.2) is 9.97 Å². The molecule has 0 saturated carbocycles. The minimum absolute atomic E-state index is 0.744. The summed E-state index contributed by atoms with van der Waals surface area (Å²) in [6, 6.07) is 60.6. The molecule has 4 aromatic heterocycles. The topological polar surface area (TPSA) is 35.6 Å². The molecule has 11 rings (SSSR count). The number of aromatic nitrogens is 4. The van der Waals surface area contributed by atoms with Crippen molar-refractivity contribution in [2.45, 2.75) is 0 Å². The maximum Gasteiger partial charge on any atom is 0.161 e. The van der Waals surface area contributed by atoms with E-state index in [1.807, 2.05) is 18.2 Å². The normalized spacial score (nSPS) is 11.9. The van der Waals surface area contributed by atoms with Crippen molar-refractivity contribution in [3.8, 4) is 34.0 Å². The van der Waals surface area contributed by atoms with Crippen molar-refractivity contribution >= 4 is 75.3 Å². The lowest BCUT2D eigenvalue weighted by molar-refractivity contribution is 1.17. The Balaban J connectivity index is 1.16. The summed E-state index contributed by atoms with van der Waals surface area (Å²) >= 11 is 1.73. The van der Waals surface area contributed by atoms with E-state index in [1.54, 1.807) is 11.3 Å². The summed E-state index contributed by atoms with van der Waals surface area (Å²) in [5, 5.41) is 7.29. The van der Waals surface area contributed by atoms with Crippen molar-refractivity contribution in [3.63, 3.8) is 0 Å². The molecule has 0 atom stereocenters. The molecule has 0 aliphatic heterocycles. The number of rotatable bonds is 4. The van der Waals surface area contributed by atoms with Crippen molar-refractivity contribution in [1.82, 2.24) is 19.1 Å². The maximum atomic E-state index is 5.24. The van der Waals surface area contributed by atoms with Gasteiger partial charge in [0, 0.05) is 59.5 Å². The van der Waals surface area contributed by atoms with Gasteiger partial charge in [-0.3, -0.25) is 0 Å². The summed E-state index contributed by atoms with van der Waals surface area (Å²) in [6.45, 7) is 0. The first-order valence-electron chi connectivity index (χ1n) is 17.2. The smallest absolute Gasteiger partial charge is 0.161 e. The molecule has 4 heterocycles. The van der Waals surface area contributed by atoms with Gasteiger partial charge < -0.3 is 9.13 Å². The van der Waals surface area contributed by atoms with Gasteiger partial charge in [0.05, 0.1) is 27.8 Å². The average Bonchev–Trinajstić information content (AvgIpc) is 3.86. The van der Waals surface area contributed by atoms with E-state index in [4.69, 9.17) is 9.97 Å². The Hall–Kier alpha value is -6.56. The quantitative estimate of drug-likeness (QED) is 0.187. The second-order valence-electron chi connectivity index (χ2n) is 13.0. The fraction of sp³-hybridized carbons (Fsp3) is 0. The first-order chi connectivity index (χ1) is 25.3. The molecule has 0 bridgehead atoms. The molecule has 0 fully saturated rings. The predicted octanol–water partition coefficient (Wildman–Crippen LogP) is 12.4. The predicted molar refractivity (Wildman–Crippen MR) is 214 cm³/mol. The van der Waals surface area contributed by atoms with E-state index in [2.05, 4.69) is 161 Å². The Kier molecular flexibility index (Phi) is 6.09. The Morgan fingerprint density at radius 2 is 1.02 bits per heavy atom. The lowest BCUT2D eigenvalue weighted by Gasteiger charge is -2.11. The van der Waals surface area contributed by atoms with Crippen LogP contribution in [-0.2, 0) is 0 Å². The highest BCUT2D eigenvalue weighted by molar-refractivity contribution is 7.25. The summed E-state index contributed by atoms with van der Waals surface area (Å²) in [5.41, 5.74) is 10.1. The van der Waals surface area contributed by atoms with Crippen molar-refractivity contribution < 1.29 is 0 Å². The molecule has 0 amide bonds. The third-order valence-electron chi connectivity index (χ3n) is 10.2. The van der Waals surface area contributed by atoms with E-state index in [9.17, 15) is 0 Å². The van der Waals surface area contributed by atoms with Gasteiger partial charge >= 0.3 is 0 Å². The van der Waals surface area contributed by atoms with Crippen LogP contribution in [-0.4, -0.2) is 19.1 Å². The highest BCUT2D eigenvalue weighted by Crippen LogP contribution is 2.43. The molecular weight excluding hydrogens is 641 g/mol. The molecule has 4 nitrogen and oxygen atoms in total. The molecule has 0 saturated heterocycles. The van der Waals surface area contributed by atoms with Gasteiger partial charge in [0.15, 0.2) is 5.82 Å². The molecule has 11 aromatic rings. The van der Waals surface area contributed by atoms with Crippen LogP contribution in [0.1, 0.15) is 0 Å². The molecule has 0 aliphatic rings. The van der Waals surface area contributed by atoms with Gasteiger partial charge in [-0.05, 0) is 48.5 Å². The van der Waals surface area contributed by atoms with Crippen LogP contribution in [0.25, 0.3) is 97.9 Å². The van der Waals surface area contributed by atoms with E-state index >= 15 is 0 Å². The van der Waals surface area contributed by atoms with Crippen LogP contribution in [0.3, 0.4) is 0 Å². The van der Waals surface area contributed by atoms with Crippen molar-refractivity contribution in [2.24, 2.45) is 0 Å². The summed E-state index contributed by atoms with van der Waals surface area (Å²) < 4.78 is 6.06. The zero-order valence-corrected chi connectivity index (χ0v) is 28.2. The number of benzene rings is 7. The average molecular weight is 669 g/mol. The largest absolute Gasteiger partial charge is 0.309 e. The van der Waals surface area contributed by atoms with Crippen LogP contribution in [0.15, 0.2) is 170 Å². The lowest BCUT2D eigenvalue weighted by Crippen LogP contribution is -1.96. The fourth-order valence-corrected chi connectivity index (χ4v) is 9.02. The highest BCUT2D eigenvalue weighted by atomic mass is 32.1. The molecular formula is C46H28N4S. The zero-order valence-electron chi connectivity index (χ0n) is 27.4. The third-order valence-corrected chi connectivity index (χ3v) is 11.2. The zero-order chi connectivity index (χ0) is 33.5. The van der Waals surface area contributed by atoms with Crippen molar-refractivity contribution in [1.29, 1.82) is 0 Å². The molecule has 238 valence electrons. The molecule has 51 heavy (non-hydrogen) atoms. The molecule has 7 aromatic carbocycles. The number of fused-ring (bicyclic) bond motifs is 10. The number of para-hydroxylation sites is 3. The van der Waals surface area contributed by atoms with Crippen LogP contribution in [0.4, 0.5) is 0 Å². The molecule has 0 unspecified atom stereocenters. The van der Waals surface area contributed by atoms with Gasteiger partial charge in [0.1, 0.15) is 4.83 Å². The molecule has 5 heteroatoms. The number of hydrogen-bond acceptors (Lipinski definition) is 3. The highest BCUT2D eigenvalue weighted by Gasteiger charge is 2.21. The van der Waals surface area contributed by atoms with Crippen LogP contribution >= 0.6 is 11.3 Å².